The maximum atomic E-state index is 12.7. The highest BCUT2D eigenvalue weighted by molar-refractivity contribution is 8.26. The number of carbonyl (C=O) groups excluding carboxylic acids is 3. The van der Waals surface area contributed by atoms with Crippen molar-refractivity contribution in [3.8, 4) is 11.8 Å². The summed E-state index contributed by atoms with van der Waals surface area (Å²) >= 11 is 2.27. The molecule has 1 fully saturated rings. The fourth-order valence-corrected chi connectivity index (χ4v) is 4.87. The molecule has 1 atom stereocenters. The Labute approximate surface area is 181 Å². The highest BCUT2D eigenvalue weighted by Gasteiger charge is 2.31. The van der Waals surface area contributed by atoms with Crippen molar-refractivity contribution in [3.05, 3.63) is 59.2 Å². The maximum absolute atomic E-state index is 12.7. The van der Waals surface area contributed by atoms with E-state index in [1.807, 2.05) is 30.3 Å². The molecule has 2 amide bonds. The average Bonchev–Trinajstić information content (AvgIpc) is 3.07. The summed E-state index contributed by atoms with van der Waals surface area (Å²) in [5.74, 6) is 1.11. The normalized spacial score (nSPS) is 18.0. The molecule has 1 saturated heterocycles. The van der Waals surface area contributed by atoms with Crippen LogP contribution >= 0.6 is 23.5 Å². The van der Waals surface area contributed by atoms with Gasteiger partial charge in [-0.1, -0.05) is 12.1 Å². The lowest BCUT2D eigenvalue weighted by Gasteiger charge is -2.28. The molecule has 2 aliphatic heterocycles. The topological polar surface area (TPSA) is 99.5 Å². The van der Waals surface area contributed by atoms with Crippen LogP contribution in [0.3, 0.4) is 0 Å². The molecule has 0 aromatic heterocycles. The van der Waals surface area contributed by atoms with Gasteiger partial charge in [-0.3, -0.25) is 14.4 Å². The number of benzene rings is 2. The van der Waals surface area contributed by atoms with Crippen LogP contribution in [0.15, 0.2) is 47.4 Å². The number of fused-ring (bicyclic) bond motifs is 1. The Morgan fingerprint density at radius 2 is 1.97 bits per heavy atom. The minimum absolute atomic E-state index is 0.0963. The molecule has 9 heteroatoms. The predicted octanol–water partition coefficient (Wildman–Crippen LogP) is 3.04. The molecule has 30 heavy (non-hydrogen) atoms. The van der Waals surface area contributed by atoms with E-state index in [9.17, 15) is 14.4 Å². The zero-order chi connectivity index (χ0) is 21.1. The molecule has 1 N–H and O–H groups in total. The molecule has 2 aromatic rings. The molecule has 1 unspecified atom stereocenters. The number of thioether (sulfide) groups is 2. The smallest absolute Gasteiger partial charge is 0.287 e. The Kier molecular flexibility index (Phi) is 5.97. The van der Waals surface area contributed by atoms with Gasteiger partial charge < -0.3 is 15.0 Å². The predicted molar refractivity (Wildman–Crippen MR) is 113 cm³/mol. The van der Waals surface area contributed by atoms with Crippen LogP contribution in [0.25, 0.3) is 0 Å². The van der Waals surface area contributed by atoms with Gasteiger partial charge >= 0.3 is 0 Å². The number of rotatable bonds is 6. The van der Waals surface area contributed by atoms with Crippen molar-refractivity contribution in [3.63, 3.8) is 0 Å². The molecule has 0 saturated carbocycles. The van der Waals surface area contributed by atoms with E-state index >= 15 is 0 Å². The standard InChI is InChI=1S/C21H17N3O4S2/c22-11-14-3-6-18-16(9-14)19(25)24(12-29-18)7-8-28-15-4-1-13(2-5-15)10-17-20(26)30-21(27)23-17/h1-6,9,17H,7-8,10,12H2,(H,23,27). The van der Waals surface area contributed by atoms with Crippen LogP contribution in [0.4, 0.5) is 4.79 Å². The Balaban J connectivity index is 1.29. The van der Waals surface area contributed by atoms with Gasteiger partial charge in [-0.05, 0) is 35.9 Å². The van der Waals surface area contributed by atoms with Crippen molar-refractivity contribution in [2.24, 2.45) is 0 Å². The van der Waals surface area contributed by atoms with E-state index in [1.54, 1.807) is 28.8 Å². The summed E-state index contributed by atoms with van der Waals surface area (Å²) in [6, 6.07) is 14.1. The summed E-state index contributed by atoms with van der Waals surface area (Å²) in [6.07, 6.45) is 0.446. The molecule has 2 heterocycles. The van der Waals surface area contributed by atoms with Crippen molar-refractivity contribution >= 4 is 39.8 Å². The van der Waals surface area contributed by atoms with E-state index in [-0.39, 0.29) is 16.3 Å². The van der Waals surface area contributed by atoms with Gasteiger partial charge in [0.1, 0.15) is 18.4 Å². The molecule has 2 aromatic carbocycles. The fraction of sp³-hybridized carbons (Fsp3) is 0.238. The third-order valence-electron chi connectivity index (χ3n) is 4.77. The van der Waals surface area contributed by atoms with Crippen LogP contribution < -0.4 is 10.1 Å². The average molecular weight is 440 g/mol. The molecular formula is C21H17N3O4S2. The van der Waals surface area contributed by atoms with Gasteiger partial charge in [0.05, 0.1) is 29.6 Å². The maximum Gasteiger partial charge on any atom is 0.287 e. The third-order valence-corrected chi connectivity index (χ3v) is 6.66. The third kappa shape index (κ3) is 4.45. The lowest BCUT2D eigenvalue weighted by molar-refractivity contribution is -0.112. The summed E-state index contributed by atoms with van der Waals surface area (Å²) in [6.45, 7) is 0.774. The minimum Gasteiger partial charge on any atom is -0.492 e. The van der Waals surface area contributed by atoms with E-state index in [1.165, 1.54) is 0 Å². The lowest BCUT2D eigenvalue weighted by atomic mass is 10.1. The number of hydrogen-bond acceptors (Lipinski definition) is 7. The summed E-state index contributed by atoms with van der Waals surface area (Å²) in [5, 5.41) is 11.2. The number of ether oxygens (including phenoxy) is 1. The molecule has 0 radical (unpaired) electrons. The van der Waals surface area contributed by atoms with Gasteiger partial charge in [-0.25, -0.2) is 0 Å². The van der Waals surface area contributed by atoms with Crippen LogP contribution in [0.2, 0.25) is 0 Å². The highest BCUT2D eigenvalue weighted by atomic mass is 32.2. The van der Waals surface area contributed by atoms with Crippen molar-refractivity contribution in [1.82, 2.24) is 10.2 Å². The minimum atomic E-state index is -0.485. The van der Waals surface area contributed by atoms with Crippen LogP contribution in [0, 0.1) is 11.3 Å². The van der Waals surface area contributed by atoms with Crippen LogP contribution in [0.1, 0.15) is 21.5 Å². The first-order valence-electron chi connectivity index (χ1n) is 9.23. The van der Waals surface area contributed by atoms with Gasteiger partial charge in [0.2, 0.25) is 5.12 Å². The summed E-state index contributed by atoms with van der Waals surface area (Å²) in [7, 11) is 0. The van der Waals surface area contributed by atoms with Gasteiger partial charge in [0, 0.05) is 23.1 Å². The van der Waals surface area contributed by atoms with E-state index in [4.69, 9.17) is 10.00 Å². The summed E-state index contributed by atoms with van der Waals surface area (Å²) in [5.41, 5.74) is 1.95. The zero-order valence-electron chi connectivity index (χ0n) is 15.8. The number of nitrogens with one attached hydrogen (secondary N) is 1. The number of hydrogen-bond donors (Lipinski definition) is 1. The first kappa shape index (κ1) is 20.3. The van der Waals surface area contributed by atoms with Crippen LogP contribution in [-0.2, 0) is 11.2 Å². The molecule has 0 aliphatic carbocycles. The van der Waals surface area contributed by atoms with Crippen LogP contribution in [0.5, 0.6) is 5.75 Å². The summed E-state index contributed by atoms with van der Waals surface area (Å²) < 4.78 is 5.76. The SMILES string of the molecule is N#Cc1ccc2c(c1)C(=O)N(CCOc1ccc(CC3NC(=O)SC3=O)cc1)CS2. The molecule has 4 rings (SSSR count). The Morgan fingerprint density at radius 3 is 2.67 bits per heavy atom. The van der Waals surface area contributed by atoms with Crippen molar-refractivity contribution < 1.29 is 19.1 Å². The van der Waals surface area contributed by atoms with Crippen molar-refractivity contribution in [1.29, 1.82) is 5.26 Å². The van der Waals surface area contributed by atoms with Crippen molar-refractivity contribution in [2.75, 3.05) is 19.0 Å². The number of carbonyl (C=O) groups is 3. The van der Waals surface area contributed by atoms with Gasteiger partial charge in [-0.2, -0.15) is 5.26 Å². The number of nitrogens with zero attached hydrogens (tertiary/aromatic N) is 2. The van der Waals surface area contributed by atoms with E-state index in [0.29, 0.717) is 54.1 Å². The monoisotopic (exact) mass is 439 g/mol. The molecular weight excluding hydrogens is 422 g/mol. The number of nitriles is 1. The highest BCUT2D eigenvalue weighted by Crippen LogP contribution is 2.30. The molecule has 152 valence electrons. The van der Waals surface area contributed by atoms with Crippen LogP contribution in [-0.4, -0.2) is 46.2 Å². The van der Waals surface area contributed by atoms with Gasteiger partial charge in [-0.15, -0.1) is 11.8 Å². The van der Waals surface area contributed by atoms with Gasteiger partial charge in [0.25, 0.3) is 11.1 Å². The quantitative estimate of drug-likeness (QED) is 0.738. The lowest BCUT2D eigenvalue weighted by Crippen LogP contribution is -2.37. The van der Waals surface area contributed by atoms with E-state index < -0.39 is 6.04 Å². The van der Waals surface area contributed by atoms with E-state index in [2.05, 4.69) is 11.4 Å². The molecule has 0 spiro atoms. The first-order valence-corrected chi connectivity index (χ1v) is 11.0. The first-order chi connectivity index (χ1) is 14.5. The Morgan fingerprint density at radius 1 is 1.17 bits per heavy atom. The Hall–Kier alpha value is -2.96. The fourth-order valence-electron chi connectivity index (χ4n) is 3.19. The largest absolute Gasteiger partial charge is 0.492 e. The molecule has 0 bridgehead atoms. The zero-order valence-corrected chi connectivity index (χ0v) is 17.4. The second-order valence-electron chi connectivity index (χ2n) is 6.77. The van der Waals surface area contributed by atoms with Crippen molar-refractivity contribution in [2.45, 2.75) is 17.4 Å². The molecule has 2 aliphatic rings. The second-order valence-corrected chi connectivity index (χ2v) is 8.73. The number of amides is 2. The molecule has 7 nitrogen and oxygen atoms in total. The summed E-state index contributed by atoms with van der Waals surface area (Å²) in [4.78, 5) is 38.2. The van der Waals surface area contributed by atoms with Gasteiger partial charge in [0.15, 0.2) is 0 Å². The Bertz CT molecular complexity index is 1050. The second kappa shape index (κ2) is 8.81. The van der Waals surface area contributed by atoms with E-state index in [0.717, 1.165) is 10.5 Å².